The zero-order valence-electron chi connectivity index (χ0n) is 8.34. The van der Waals surface area contributed by atoms with Crippen molar-refractivity contribution < 1.29 is 0 Å². The van der Waals surface area contributed by atoms with Crippen LogP contribution in [0.5, 0.6) is 0 Å². The van der Waals surface area contributed by atoms with Crippen molar-refractivity contribution in [1.82, 2.24) is 0 Å². The molecule has 0 aliphatic heterocycles. The Morgan fingerprint density at radius 3 is 1.80 bits per heavy atom. The molecule has 0 radical (unpaired) electrons. The van der Waals surface area contributed by atoms with Gasteiger partial charge < -0.3 is 0 Å². The first kappa shape index (κ1) is 10.1. The zero-order chi connectivity index (χ0) is 10.4. The van der Waals surface area contributed by atoms with E-state index in [4.69, 9.17) is 0 Å². The summed E-state index contributed by atoms with van der Waals surface area (Å²) in [4.78, 5) is 0. The highest BCUT2D eigenvalue weighted by molar-refractivity contribution is 9.09. The molecule has 0 nitrogen and oxygen atoms in total. The number of hydrogen-bond donors (Lipinski definition) is 0. The van der Waals surface area contributed by atoms with Crippen molar-refractivity contribution >= 4 is 31.9 Å². The molecule has 0 amide bonds. The van der Waals surface area contributed by atoms with Gasteiger partial charge in [-0.05, 0) is 17.5 Å². The maximum Gasteiger partial charge on any atom is 0.0251 e. The van der Waals surface area contributed by atoms with E-state index in [2.05, 4.69) is 56.1 Å². The van der Waals surface area contributed by atoms with Crippen molar-refractivity contribution in [2.75, 3.05) is 10.7 Å². The van der Waals surface area contributed by atoms with Crippen LogP contribution in [0.15, 0.2) is 35.4 Å². The van der Waals surface area contributed by atoms with Crippen LogP contribution in [0.2, 0.25) is 0 Å². The Bertz CT molecular complexity index is 395. The van der Waals surface area contributed by atoms with Gasteiger partial charge in [-0.25, -0.2) is 0 Å². The molecule has 78 valence electrons. The summed E-state index contributed by atoms with van der Waals surface area (Å²) >= 11 is 7.26. The molecule has 2 bridgehead atoms. The van der Waals surface area contributed by atoms with E-state index < -0.39 is 0 Å². The second-order valence-electron chi connectivity index (χ2n) is 4.29. The molecule has 1 aromatic rings. The Hall–Kier alpha value is -0.0800. The molecule has 0 heterocycles. The van der Waals surface area contributed by atoms with E-state index >= 15 is 0 Å². The van der Waals surface area contributed by atoms with Gasteiger partial charge in [-0.2, -0.15) is 0 Å². The predicted octanol–water partition coefficient (Wildman–Crippen LogP) is 4.36. The fourth-order valence-corrected chi connectivity index (χ4v) is 4.60. The zero-order valence-corrected chi connectivity index (χ0v) is 11.5. The van der Waals surface area contributed by atoms with Crippen molar-refractivity contribution in [3.63, 3.8) is 0 Å². The number of alkyl halides is 2. The van der Waals surface area contributed by atoms with Gasteiger partial charge in [0.05, 0.1) is 0 Å². The lowest BCUT2D eigenvalue weighted by Gasteiger charge is -2.20. The summed E-state index contributed by atoms with van der Waals surface area (Å²) in [5.74, 6) is 1.39. The molecule has 0 saturated carbocycles. The van der Waals surface area contributed by atoms with Crippen LogP contribution < -0.4 is 0 Å². The van der Waals surface area contributed by atoms with Gasteiger partial charge in [0.25, 0.3) is 0 Å². The lowest BCUT2D eigenvalue weighted by Crippen LogP contribution is -2.06. The van der Waals surface area contributed by atoms with Crippen LogP contribution in [0.25, 0.3) is 0 Å². The summed E-state index contributed by atoms with van der Waals surface area (Å²) in [6.07, 6.45) is 1.31. The highest BCUT2D eigenvalue weighted by Crippen LogP contribution is 2.56. The monoisotopic (exact) mass is 326 g/mol. The first-order valence-electron chi connectivity index (χ1n) is 5.29. The van der Waals surface area contributed by atoms with E-state index in [1.54, 1.807) is 22.3 Å². The van der Waals surface area contributed by atoms with Crippen molar-refractivity contribution in [2.24, 2.45) is 0 Å². The predicted molar refractivity (Wildman–Crippen MR) is 71.2 cm³/mol. The van der Waals surface area contributed by atoms with Gasteiger partial charge in [0.15, 0.2) is 0 Å². The largest absolute Gasteiger partial charge is 0.0880 e. The maximum atomic E-state index is 3.63. The molecule has 3 rings (SSSR count). The van der Waals surface area contributed by atoms with Gasteiger partial charge >= 0.3 is 0 Å². The van der Waals surface area contributed by atoms with E-state index in [9.17, 15) is 0 Å². The SMILES string of the molecule is BrCC1=C(CBr)C2CC1c1ccccc12. The average molecular weight is 328 g/mol. The molecular formula is C13H12Br2. The second kappa shape index (κ2) is 3.74. The Balaban J connectivity index is 2.14. The molecule has 0 fully saturated rings. The summed E-state index contributed by atoms with van der Waals surface area (Å²) in [6, 6.07) is 8.93. The summed E-state index contributed by atoms with van der Waals surface area (Å²) in [5.41, 5.74) is 6.38. The molecule has 2 unspecified atom stereocenters. The van der Waals surface area contributed by atoms with E-state index in [1.165, 1.54) is 6.42 Å². The number of rotatable bonds is 2. The van der Waals surface area contributed by atoms with E-state index in [0.717, 1.165) is 10.7 Å². The van der Waals surface area contributed by atoms with Gasteiger partial charge in [0, 0.05) is 22.5 Å². The molecule has 2 atom stereocenters. The van der Waals surface area contributed by atoms with Crippen LogP contribution in [0, 0.1) is 0 Å². The standard InChI is InChI=1S/C13H12Br2/c14-6-12-10-5-11(13(12)7-15)9-4-2-1-3-8(9)10/h1-4,10-11H,5-7H2. The van der Waals surface area contributed by atoms with E-state index in [0.29, 0.717) is 11.8 Å². The van der Waals surface area contributed by atoms with Crippen LogP contribution in [0.1, 0.15) is 29.4 Å². The normalized spacial score (nSPS) is 27.3. The highest BCUT2D eigenvalue weighted by Gasteiger charge is 2.41. The fourth-order valence-electron chi connectivity index (χ4n) is 3.10. The van der Waals surface area contributed by atoms with Gasteiger partial charge in [-0.1, -0.05) is 67.3 Å². The molecule has 0 saturated heterocycles. The van der Waals surface area contributed by atoms with Crippen LogP contribution in [0.4, 0.5) is 0 Å². The van der Waals surface area contributed by atoms with Crippen molar-refractivity contribution in [2.45, 2.75) is 18.3 Å². The minimum absolute atomic E-state index is 0.693. The first-order chi connectivity index (χ1) is 7.36. The van der Waals surface area contributed by atoms with Crippen LogP contribution in [-0.4, -0.2) is 10.7 Å². The molecule has 1 aromatic carbocycles. The molecule has 15 heavy (non-hydrogen) atoms. The smallest absolute Gasteiger partial charge is 0.0251 e. The lowest BCUT2D eigenvalue weighted by molar-refractivity contribution is 0.776. The third-order valence-electron chi connectivity index (χ3n) is 3.76. The number of allylic oxidation sites excluding steroid dienone is 2. The van der Waals surface area contributed by atoms with Gasteiger partial charge in [0.2, 0.25) is 0 Å². The number of fused-ring (bicyclic) bond motifs is 5. The summed E-state index contributed by atoms with van der Waals surface area (Å²) in [6.45, 7) is 0. The molecular weight excluding hydrogens is 316 g/mol. The third-order valence-corrected chi connectivity index (χ3v) is 4.97. The van der Waals surface area contributed by atoms with Crippen molar-refractivity contribution in [1.29, 1.82) is 0 Å². The molecule has 2 heteroatoms. The Labute approximate surface area is 107 Å². The molecule has 0 spiro atoms. The summed E-state index contributed by atoms with van der Waals surface area (Å²) in [7, 11) is 0. The highest BCUT2D eigenvalue weighted by atomic mass is 79.9. The minimum Gasteiger partial charge on any atom is -0.0880 e. The van der Waals surface area contributed by atoms with Gasteiger partial charge in [0.1, 0.15) is 0 Å². The molecule has 2 aliphatic rings. The number of hydrogen-bond acceptors (Lipinski definition) is 0. The summed E-state index contributed by atoms with van der Waals surface area (Å²) < 4.78 is 0. The quantitative estimate of drug-likeness (QED) is 0.559. The molecule has 0 N–H and O–H groups in total. The second-order valence-corrected chi connectivity index (χ2v) is 5.41. The van der Waals surface area contributed by atoms with Crippen LogP contribution in [-0.2, 0) is 0 Å². The summed E-state index contributed by atoms with van der Waals surface area (Å²) in [5, 5.41) is 2.06. The molecule has 2 aliphatic carbocycles. The minimum atomic E-state index is 0.693. The third kappa shape index (κ3) is 1.31. The topological polar surface area (TPSA) is 0 Å². The fraction of sp³-hybridized carbons (Fsp3) is 0.385. The van der Waals surface area contributed by atoms with Crippen molar-refractivity contribution in [3.05, 3.63) is 46.5 Å². The Morgan fingerprint density at radius 2 is 1.40 bits per heavy atom. The first-order valence-corrected chi connectivity index (χ1v) is 7.53. The van der Waals surface area contributed by atoms with Crippen molar-refractivity contribution in [3.8, 4) is 0 Å². The van der Waals surface area contributed by atoms with Gasteiger partial charge in [-0.3, -0.25) is 0 Å². The van der Waals surface area contributed by atoms with E-state index in [1.807, 2.05) is 0 Å². The number of halogens is 2. The van der Waals surface area contributed by atoms with Crippen LogP contribution >= 0.6 is 31.9 Å². The van der Waals surface area contributed by atoms with E-state index in [-0.39, 0.29) is 0 Å². The Kier molecular flexibility index (Phi) is 2.52. The average Bonchev–Trinajstić information content (AvgIpc) is 2.84. The molecule has 0 aromatic heterocycles. The maximum absolute atomic E-state index is 3.63. The lowest BCUT2D eigenvalue weighted by atomic mass is 9.87. The number of benzene rings is 1. The van der Waals surface area contributed by atoms with Crippen LogP contribution in [0.3, 0.4) is 0 Å². The van der Waals surface area contributed by atoms with Gasteiger partial charge in [-0.15, -0.1) is 0 Å². The Morgan fingerprint density at radius 1 is 0.933 bits per heavy atom.